The predicted molar refractivity (Wildman–Crippen MR) is 62.9 cm³/mol. The maximum atomic E-state index is 13.0. The van der Waals surface area contributed by atoms with Crippen LogP contribution >= 0.6 is 0 Å². The molecule has 2 aromatic rings. The Labute approximate surface area is 104 Å². The third kappa shape index (κ3) is 2.92. The molecule has 96 valence electrons. The zero-order chi connectivity index (χ0) is 13.1. The number of aromatic nitrogens is 2. The molecule has 0 saturated heterocycles. The average Bonchev–Trinajstić information content (AvgIpc) is 2.75. The number of benzene rings is 1. The quantitative estimate of drug-likeness (QED) is 0.907. The van der Waals surface area contributed by atoms with E-state index >= 15 is 0 Å². The molecule has 0 aliphatic carbocycles. The lowest BCUT2D eigenvalue weighted by Crippen LogP contribution is -2.02. The number of aryl methyl sites for hydroxylation is 1. The molecular formula is C13H14F2N2O. The molecule has 1 N–H and O–H groups in total. The molecule has 0 bridgehead atoms. The van der Waals surface area contributed by atoms with Crippen molar-refractivity contribution in [2.75, 3.05) is 0 Å². The Balaban J connectivity index is 2.13. The molecule has 0 saturated carbocycles. The summed E-state index contributed by atoms with van der Waals surface area (Å²) in [6, 6.07) is 3.06. The van der Waals surface area contributed by atoms with Crippen molar-refractivity contribution in [1.82, 2.24) is 9.78 Å². The standard InChI is InChI=1S/C13H14F2N2O/c1-2-17-8-9(7-16-17)3-13(18)10-4-11(14)6-12(15)5-10/h4-8,13,18H,2-3H2,1H3. The minimum atomic E-state index is -0.940. The van der Waals surface area contributed by atoms with E-state index in [1.807, 2.05) is 6.92 Å². The number of aliphatic hydroxyl groups is 1. The second kappa shape index (κ2) is 5.27. The summed E-state index contributed by atoms with van der Waals surface area (Å²) in [5.41, 5.74) is 1.06. The van der Waals surface area contributed by atoms with Gasteiger partial charge in [-0.1, -0.05) is 0 Å². The first-order valence-electron chi connectivity index (χ1n) is 5.74. The SMILES string of the molecule is CCn1cc(CC(O)c2cc(F)cc(F)c2)cn1. The highest BCUT2D eigenvalue weighted by molar-refractivity contribution is 5.22. The van der Waals surface area contributed by atoms with Crippen molar-refractivity contribution in [2.24, 2.45) is 0 Å². The highest BCUT2D eigenvalue weighted by atomic mass is 19.1. The van der Waals surface area contributed by atoms with E-state index < -0.39 is 17.7 Å². The smallest absolute Gasteiger partial charge is 0.126 e. The van der Waals surface area contributed by atoms with Crippen molar-refractivity contribution in [3.63, 3.8) is 0 Å². The van der Waals surface area contributed by atoms with Gasteiger partial charge >= 0.3 is 0 Å². The van der Waals surface area contributed by atoms with Crippen LogP contribution in [0.4, 0.5) is 8.78 Å². The number of rotatable bonds is 4. The highest BCUT2D eigenvalue weighted by Gasteiger charge is 2.12. The third-order valence-electron chi connectivity index (χ3n) is 2.71. The van der Waals surface area contributed by atoms with Crippen LogP contribution in [0, 0.1) is 11.6 Å². The molecule has 0 aliphatic rings. The van der Waals surface area contributed by atoms with Gasteiger partial charge in [0.15, 0.2) is 0 Å². The highest BCUT2D eigenvalue weighted by Crippen LogP contribution is 2.20. The Kier molecular flexibility index (Phi) is 3.72. The van der Waals surface area contributed by atoms with Crippen molar-refractivity contribution in [3.05, 3.63) is 53.4 Å². The maximum absolute atomic E-state index is 13.0. The normalized spacial score (nSPS) is 12.7. The third-order valence-corrected chi connectivity index (χ3v) is 2.71. The van der Waals surface area contributed by atoms with Crippen LogP contribution in [0.25, 0.3) is 0 Å². The van der Waals surface area contributed by atoms with Crippen molar-refractivity contribution in [1.29, 1.82) is 0 Å². The Hall–Kier alpha value is -1.75. The zero-order valence-corrected chi connectivity index (χ0v) is 9.98. The van der Waals surface area contributed by atoms with E-state index in [4.69, 9.17) is 0 Å². The van der Waals surface area contributed by atoms with Gasteiger partial charge in [-0.05, 0) is 30.2 Å². The molecule has 2 rings (SSSR count). The van der Waals surface area contributed by atoms with Crippen LogP contribution in [0.2, 0.25) is 0 Å². The summed E-state index contributed by atoms with van der Waals surface area (Å²) in [5.74, 6) is -1.37. The van der Waals surface area contributed by atoms with E-state index in [0.29, 0.717) is 0 Å². The minimum absolute atomic E-state index is 0.233. The topological polar surface area (TPSA) is 38.0 Å². The van der Waals surface area contributed by atoms with Crippen LogP contribution in [0.15, 0.2) is 30.6 Å². The van der Waals surface area contributed by atoms with E-state index in [2.05, 4.69) is 5.10 Å². The van der Waals surface area contributed by atoms with Crippen LogP contribution in [0.1, 0.15) is 24.2 Å². The number of aliphatic hydroxyl groups excluding tert-OH is 1. The number of hydrogen-bond acceptors (Lipinski definition) is 2. The molecule has 5 heteroatoms. The fraction of sp³-hybridized carbons (Fsp3) is 0.308. The van der Waals surface area contributed by atoms with Crippen LogP contribution in [0.3, 0.4) is 0 Å². The Bertz CT molecular complexity index is 519. The van der Waals surface area contributed by atoms with Gasteiger partial charge in [-0.15, -0.1) is 0 Å². The predicted octanol–water partition coefficient (Wildman–Crippen LogP) is 2.46. The van der Waals surface area contributed by atoms with Gasteiger partial charge in [0.2, 0.25) is 0 Å². The Morgan fingerprint density at radius 2 is 1.94 bits per heavy atom. The van der Waals surface area contributed by atoms with Gasteiger partial charge in [0.1, 0.15) is 11.6 Å². The van der Waals surface area contributed by atoms with E-state index in [9.17, 15) is 13.9 Å². The molecule has 3 nitrogen and oxygen atoms in total. The van der Waals surface area contributed by atoms with E-state index in [1.165, 1.54) is 0 Å². The molecule has 1 unspecified atom stereocenters. The van der Waals surface area contributed by atoms with Crippen LogP contribution < -0.4 is 0 Å². The van der Waals surface area contributed by atoms with E-state index in [0.717, 1.165) is 30.3 Å². The summed E-state index contributed by atoms with van der Waals surface area (Å²) in [5, 5.41) is 14.0. The largest absolute Gasteiger partial charge is 0.388 e. The number of nitrogens with zero attached hydrogens (tertiary/aromatic N) is 2. The Morgan fingerprint density at radius 3 is 2.50 bits per heavy atom. The summed E-state index contributed by atoms with van der Waals surface area (Å²) in [4.78, 5) is 0. The fourth-order valence-corrected chi connectivity index (χ4v) is 1.79. The zero-order valence-electron chi connectivity index (χ0n) is 9.98. The van der Waals surface area contributed by atoms with Crippen molar-refractivity contribution in [2.45, 2.75) is 26.0 Å². The lowest BCUT2D eigenvalue weighted by atomic mass is 10.0. The molecule has 1 aromatic heterocycles. The van der Waals surface area contributed by atoms with Gasteiger partial charge in [-0.25, -0.2) is 8.78 Å². The fourth-order valence-electron chi connectivity index (χ4n) is 1.79. The van der Waals surface area contributed by atoms with Gasteiger partial charge in [0.05, 0.1) is 12.3 Å². The average molecular weight is 252 g/mol. The van der Waals surface area contributed by atoms with Crippen LogP contribution in [-0.2, 0) is 13.0 Å². The first kappa shape index (κ1) is 12.7. The molecule has 0 spiro atoms. The molecule has 0 aliphatic heterocycles. The Morgan fingerprint density at radius 1 is 1.28 bits per heavy atom. The van der Waals surface area contributed by atoms with E-state index in [1.54, 1.807) is 17.1 Å². The minimum Gasteiger partial charge on any atom is -0.388 e. The first-order valence-corrected chi connectivity index (χ1v) is 5.74. The summed E-state index contributed by atoms with van der Waals surface area (Å²) in [7, 11) is 0. The molecule has 0 amide bonds. The van der Waals surface area contributed by atoms with Gasteiger partial charge in [-0.3, -0.25) is 4.68 Å². The van der Waals surface area contributed by atoms with Crippen LogP contribution in [0.5, 0.6) is 0 Å². The van der Waals surface area contributed by atoms with Crippen LogP contribution in [-0.4, -0.2) is 14.9 Å². The summed E-state index contributed by atoms with van der Waals surface area (Å²) >= 11 is 0. The lowest BCUT2D eigenvalue weighted by Gasteiger charge is -2.10. The van der Waals surface area contributed by atoms with Gasteiger partial charge in [-0.2, -0.15) is 5.10 Å². The molecular weight excluding hydrogens is 238 g/mol. The molecule has 1 heterocycles. The molecule has 0 radical (unpaired) electrons. The summed E-state index contributed by atoms with van der Waals surface area (Å²) < 4.78 is 27.8. The van der Waals surface area contributed by atoms with E-state index in [-0.39, 0.29) is 12.0 Å². The van der Waals surface area contributed by atoms with Crippen molar-refractivity contribution >= 4 is 0 Å². The number of hydrogen-bond donors (Lipinski definition) is 1. The van der Waals surface area contributed by atoms with Crippen molar-refractivity contribution in [3.8, 4) is 0 Å². The lowest BCUT2D eigenvalue weighted by molar-refractivity contribution is 0.177. The molecule has 18 heavy (non-hydrogen) atoms. The second-order valence-electron chi connectivity index (χ2n) is 4.13. The first-order chi connectivity index (χ1) is 8.58. The van der Waals surface area contributed by atoms with Crippen molar-refractivity contribution < 1.29 is 13.9 Å². The van der Waals surface area contributed by atoms with Gasteiger partial charge in [0, 0.05) is 25.2 Å². The molecule has 1 atom stereocenters. The molecule has 0 fully saturated rings. The van der Waals surface area contributed by atoms with Gasteiger partial charge in [0.25, 0.3) is 0 Å². The second-order valence-corrected chi connectivity index (χ2v) is 4.13. The summed E-state index contributed by atoms with van der Waals surface area (Å²) in [6.45, 7) is 2.69. The monoisotopic (exact) mass is 252 g/mol. The molecule has 1 aromatic carbocycles. The van der Waals surface area contributed by atoms with Gasteiger partial charge < -0.3 is 5.11 Å². The number of halogens is 2. The summed E-state index contributed by atoms with van der Waals surface area (Å²) in [6.07, 6.45) is 2.79. The maximum Gasteiger partial charge on any atom is 0.126 e.